The van der Waals surface area contributed by atoms with Gasteiger partial charge in [0.15, 0.2) is 0 Å². The maximum Gasteiger partial charge on any atom is 0.0223 e. The molecule has 0 spiro atoms. The Balaban J connectivity index is 3.49. The lowest BCUT2D eigenvalue weighted by Gasteiger charge is -2.21. The van der Waals surface area contributed by atoms with Crippen LogP contribution >= 0.6 is 11.6 Å². The van der Waals surface area contributed by atoms with E-state index in [0.29, 0.717) is 0 Å². The zero-order chi connectivity index (χ0) is 11.4. The summed E-state index contributed by atoms with van der Waals surface area (Å²) in [5.41, 5.74) is 0. The van der Waals surface area contributed by atoms with E-state index in [4.69, 9.17) is 11.6 Å². The summed E-state index contributed by atoms with van der Waals surface area (Å²) in [6, 6.07) is 0. The van der Waals surface area contributed by atoms with Gasteiger partial charge in [0.2, 0.25) is 0 Å². The van der Waals surface area contributed by atoms with Gasteiger partial charge < -0.3 is 4.90 Å². The summed E-state index contributed by atoms with van der Waals surface area (Å²) in [4.78, 5) is 2.63. The van der Waals surface area contributed by atoms with Crippen molar-refractivity contribution in [3.8, 4) is 0 Å². The second kappa shape index (κ2) is 12.3. The van der Waals surface area contributed by atoms with Crippen molar-refractivity contribution in [1.29, 1.82) is 0 Å². The first-order valence-electron chi connectivity index (χ1n) is 6.63. The van der Waals surface area contributed by atoms with Crippen LogP contribution in [-0.4, -0.2) is 30.4 Å². The lowest BCUT2D eigenvalue weighted by molar-refractivity contribution is 0.260. The summed E-state index contributed by atoms with van der Waals surface area (Å²) in [6.45, 7) is 8.39. The fourth-order valence-electron chi connectivity index (χ4n) is 1.71. The van der Waals surface area contributed by atoms with Gasteiger partial charge in [-0.1, -0.05) is 33.1 Å². The van der Waals surface area contributed by atoms with Crippen LogP contribution in [0.25, 0.3) is 0 Å². The lowest BCUT2D eigenvalue weighted by atomic mass is 10.2. The highest BCUT2D eigenvalue weighted by Crippen LogP contribution is 2.04. The average Bonchev–Trinajstić information content (AvgIpc) is 2.27. The van der Waals surface area contributed by atoms with E-state index in [-0.39, 0.29) is 0 Å². The molecule has 92 valence electrons. The largest absolute Gasteiger partial charge is 0.303 e. The fourth-order valence-corrected chi connectivity index (χ4v) is 1.89. The highest BCUT2D eigenvalue weighted by atomic mass is 35.5. The summed E-state index contributed by atoms with van der Waals surface area (Å²) < 4.78 is 0. The van der Waals surface area contributed by atoms with Crippen LogP contribution in [0.2, 0.25) is 0 Å². The maximum absolute atomic E-state index is 5.67. The monoisotopic (exact) mass is 233 g/mol. The van der Waals surface area contributed by atoms with Crippen LogP contribution in [0.1, 0.15) is 58.8 Å². The van der Waals surface area contributed by atoms with Gasteiger partial charge in [-0.15, -0.1) is 11.6 Å². The first-order chi connectivity index (χ1) is 7.35. The third-order valence-corrected chi connectivity index (χ3v) is 3.03. The Morgan fingerprint density at radius 1 is 0.733 bits per heavy atom. The van der Waals surface area contributed by atoms with Crippen molar-refractivity contribution in [3.05, 3.63) is 0 Å². The molecule has 0 aliphatic carbocycles. The van der Waals surface area contributed by atoms with Gasteiger partial charge in [-0.2, -0.15) is 0 Å². The van der Waals surface area contributed by atoms with Crippen molar-refractivity contribution in [2.45, 2.75) is 58.8 Å². The predicted octanol–water partition coefficient (Wildman–Crippen LogP) is 4.30. The molecule has 0 fully saturated rings. The molecule has 0 bridgehead atoms. The van der Waals surface area contributed by atoms with Crippen molar-refractivity contribution < 1.29 is 0 Å². The molecule has 0 N–H and O–H groups in total. The number of rotatable bonds is 11. The summed E-state index contributed by atoms with van der Waals surface area (Å²) in [5.74, 6) is 0.823. The average molecular weight is 234 g/mol. The number of hydrogen-bond donors (Lipinski definition) is 0. The van der Waals surface area contributed by atoms with Gasteiger partial charge in [-0.05, 0) is 45.3 Å². The molecule has 0 aliphatic rings. The van der Waals surface area contributed by atoms with Crippen LogP contribution in [0, 0.1) is 0 Å². The first kappa shape index (κ1) is 15.2. The number of hydrogen-bond acceptors (Lipinski definition) is 1. The smallest absolute Gasteiger partial charge is 0.0223 e. The zero-order valence-corrected chi connectivity index (χ0v) is 11.4. The normalized spacial score (nSPS) is 11.2. The van der Waals surface area contributed by atoms with Crippen molar-refractivity contribution in [3.63, 3.8) is 0 Å². The van der Waals surface area contributed by atoms with E-state index in [2.05, 4.69) is 18.7 Å². The van der Waals surface area contributed by atoms with Crippen molar-refractivity contribution in [2.24, 2.45) is 0 Å². The van der Waals surface area contributed by atoms with Crippen LogP contribution < -0.4 is 0 Å². The second-order valence-electron chi connectivity index (χ2n) is 4.30. The SMILES string of the molecule is CCCCN(CCCC)CCCCCCl. The van der Waals surface area contributed by atoms with Gasteiger partial charge in [0.05, 0.1) is 0 Å². The van der Waals surface area contributed by atoms with Crippen LogP contribution in [-0.2, 0) is 0 Å². The predicted molar refractivity (Wildman–Crippen MR) is 70.8 cm³/mol. The molecule has 0 radical (unpaired) electrons. The maximum atomic E-state index is 5.67. The number of halogens is 1. The Morgan fingerprint density at radius 2 is 1.27 bits per heavy atom. The molecule has 0 heterocycles. The van der Waals surface area contributed by atoms with E-state index in [1.807, 2.05) is 0 Å². The minimum atomic E-state index is 0.823. The van der Waals surface area contributed by atoms with Crippen LogP contribution in [0.5, 0.6) is 0 Å². The van der Waals surface area contributed by atoms with Gasteiger partial charge in [0, 0.05) is 5.88 Å². The fraction of sp³-hybridized carbons (Fsp3) is 1.00. The summed E-state index contributed by atoms with van der Waals surface area (Å²) in [5, 5.41) is 0. The summed E-state index contributed by atoms with van der Waals surface area (Å²) in [7, 11) is 0. The van der Waals surface area contributed by atoms with E-state index in [1.54, 1.807) is 0 Å². The zero-order valence-electron chi connectivity index (χ0n) is 10.6. The van der Waals surface area contributed by atoms with E-state index >= 15 is 0 Å². The van der Waals surface area contributed by atoms with Crippen LogP contribution in [0.3, 0.4) is 0 Å². The van der Waals surface area contributed by atoms with Crippen LogP contribution in [0.15, 0.2) is 0 Å². The number of nitrogens with zero attached hydrogens (tertiary/aromatic N) is 1. The molecule has 0 aromatic carbocycles. The quantitative estimate of drug-likeness (QED) is 0.380. The molecule has 0 aromatic rings. The third kappa shape index (κ3) is 10.5. The Kier molecular flexibility index (Phi) is 12.5. The van der Waals surface area contributed by atoms with Crippen molar-refractivity contribution in [2.75, 3.05) is 25.5 Å². The van der Waals surface area contributed by atoms with E-state index in [9.17, 15) is 0 Å². The van der Waals surface area contributed by atoms with E-state index in [0.717, 1.165) is 5.88 Å². The van der Waals surface area contributed by atoms with Crippen molar-refractivity contribution >= 4 is 11.6 Å². The molecule has 0 rings (SSSR count). The lowest BCUT2D eigenvalue weighted by Crippen LogP contribution is -2.27. The van der Waals surface area contributed by atoms with Crippen molar-refractivity contribution in [1.82, 2.24) is 4.90 Å². The first-order valence-corrected chi connectivity index (χ1v) is 7.16. The Morgan fingerprint density at radius 3 is 1.73 bits per heavy atom. The molecule has 15 heavy (non-hydrogen) atoms. The highest BCUT2D eigenvalue weighted by molar-refractivity contribution is 6.17. The van der Waals surface area contributed by atoms with E-state index < -0.39 is 0 Å². The minimum absolute atomic E-state index is 0.823. The molecule has 1 nitrogen and oxygen atoms in total. The standard InChI is InChI=1S/C13H28ClN/c1-3-5-11-15(12-6-4-2)13-9-7-8-10-14/h3-13H2,1-2H3. The Hall–Kier alpha value is 0.250. The van der Waals surface area contributed by atoms with Crippen LogP contribution in [0.4, 0.5) is 0 Å². The van der Waals surface area contributed by atoms with Gasteiger partial charge in [-0.25, -0.2) is 0 Å². The van der Waals surface area contributed by atoms with Gasteiger partial charge in [-0.3, -0.25) is 0 Å². The molecule has 0 amide bonds. The molecule has 0 unspecified atom stereocenters. The second-order valence-corrected chi connectivity index (χ2v) is 4.68. The summed E-state index contributed by atoms with van der Waals surface area (Å²) >= 11 is 5.67. The highest BCUT2D eigenvalue weighted by Gasteiger charge is 2.02. The summed E-state index contributed by atoms with van der Waals surface area (Å²) in [6.07, 6.45) is 9.10. The third-order valence-electron chi connectivity index (χ3n) is 2.76. The minimum Gasteiger partial charge on any atom is -0.303 e. The molecule has 0 saturated heterocycles. The van der Waals surface area contributed by atoms with Gasteiger partial charge >= 0.3 is 0 Å². The topological polar surface area (TPSA) is 3.24 Å². The molecule has 0 aromatic heterocycles. The van der Waals surface area contributed by atoms with Gasteiger partial charge in [0.25, 0.3) is 0 Å². The Labute approximate surface area is 101 Å². The Bertz CT molecular complexity index is 109. The number of unbranched alkanes of at least 4 members (excludes halogenated alkanes) is 4. The molecule has 2 heteroatoms. The molecular formula is C13H28ClN. The molecule has 0 aliphatic heterocycles. The number of alkyl halides is 1. The van der Waals surface area contributed by atoms with E-state index in [1.165, 1.54) is 64.6 Å². The van der Waals surface area contributed by atoms with Gasteiger partial charge in [0.1, 0.15) is 0 Å². The molecule has 0 saturated carbocycles. The molecular weight excluding hydrogens is 206 g/mol. The molecule has 0 atom stereocenters.